The number of aromatic nitrogens is 2. The molecule has 2 aromatic carbocycles. The molecule has 3 aromatic rings. The largest absolute Gasteiger partial charge is 0.317 e. The molecule has 27 heavy (non-hydrogen) atoms. The summed E-state index contributed by atoms with van der Waals surface area (Å²) in [7, 11) is 3.83. The van der Waals surface area contributed by atoms with E-state index < -0.39 is 23.2 Å². The van der Waals surface area contributed by atoms with Gasteiger partial charge in [-0.1, -0.05) is 18.2 Å². The summed E-state index contributed by atoms with van der Waals surface area (Å²) >= 11 is 0. The van der Waals surface area contributed by atoms with Crippen molar-refractivity contribution in [3.63, 3.8) is 0 Å². The van der Waals surface area contributed by atoms with Gasteiger partial charge in [-0.05, 0) is 36.9 Å². The Hall–Kier alpha value is -3.06. The van der Waals surface area contributed by atoms with Crippen LogP contribution in [0.3, 0.4) is 0 Å². The molecular formula is C20H20F2N4O. The molecule has 0 bridgehead atoms. The van der Waals surface area contributed by atoms with Crippen LogP contribution in [0.15, 0.2) is 54.9 Å². The number of para-hydroxylation sites is 1. The maximum Gasteiger partial charge on any atom is 0.255 e. The highest BCUT2D eigenvalue weighted by Gasteiger charge is 2.14. The van der Waals surface area contributed by atoms with Crippen molar-refractivity contribution >= 4 is 11.6 Å². The summed E-state index contributed by atoms with van der Waals surface area (Å²) in [4.78, 5) is 14.5. The van der Waals surface area contributed by atoms with Crippen LogP contribution in [0.25, 0.3) is 0 Å². The molecule has 0 atom stereocenters. The smallest absolute Gasteiger partial charge is 0.255 e. The monoisotopic (exact) mass is 370 g/mol. The van der Waals surface area contributed by atoms with E-state index in [1.807, 2.05) is 32.6 Å². The number of anilines is 1. The van der Waals surface area contributed by atoms with Crippen LogP contribution in [0.4, 0.5) is 14.5 Å². The van der Waals surface area contributed by atoms with Gasteiger partial charge in [0, 0.05) is 37.5 Å². The van der Waals surface area contributed by atoms with Crippen LogP contribution in [-0.2, 0) is 20.1 Å². The van der Waals surface area contributed by atoms with Crippen LogP contribution in [0.5, 0.6) is 0 Å². The number of amides is 1. The summed E-state index contributed by atoms with van der Waals surface area (Å²) in [6.07, 6.45) is 3.76. The van der Waals surface area contributed by atoms with E-state index in [4.69, 9.17) is 0 Å². The average Bonchev–Trinajstić information content (AvgIpc) is 3.03. The van der Waals surface area contributed by atoms with E-state index in [1.165, 1.54) is 6.07 Å². The second kappa shape index (κ2) is 8.09. The fourth-order valence-electron chi connectivity index (χ4n) is 2.85. The maximum absolute atomic E-state index is 13.7. The SMILES string of the molecule is CN(Cc1cccc(C(=O)Nc2c(F)cccc2F)c1)Cc1cnn(C)c1. The molecule has 0 radical (unpaired) electrons. The van der Waals surface area contributed by atoms with E-state index in [-0.39, 0.29) is 0 Å². The van der Waals surface area contributed by atoms with Crippen LogP contribution in [-0.4, -0.2) is 27.6 Å². The first kappa shape index (κ1) is 18.7. The first-order valence-corrected chi connectivity index (χ1v) is 8.43. The minimum absolute atomic E-state index is 0.338. The van der Waals surface area contributed by atoms with Gasteiger partial charge in [-0.25, -0.2) is 8.78 Å². The number of halogens is 2. The predicted octanol–water partition coefficient (Wildman–Crippen LogP) is 3.58. The Balaban J connectivity index is 1.68. The van der Waals surface area contributed by atoms with Crippen molar-refractivity contribution < 1.29 is 13.6 Å². The lowest BCUT2D eigenvalue weighted by molar-refractivity contribution is 0.102. The molecule has 0 aliphatic heterocycles. The van der Waals surface area contributed by atoms with Gasteiger partial charge in [-0.15, -0.1) is 0 Å². The average molecular weight is 370 g/mol. The molecule has 1 heterocycles. The minimum atomic E-state index is -0.810. The summed E-state index contributed by atoms with van der Waals surface area (Å²) in [5.41, 5.74) is 1.90. The van der Waals surface area contributed by atoms with Gasteiger partial charge in [0.05, 0.1) is 6.20 Å². The molecule has 1 N–H and O–H groups in total. The van der Waals surface area contributed by atoms with E-state index in [1.54, 1.807) is 22.9 Å². The molecule has 0 aliphatic rings. The third-order valence-electron chi connectivity index (χ3n) is 4.05. The van der Waals surface area contributed by atoms with Crippen molar-refractivity contribution in [2.45, 2.75) is 13.1 Å². The van der Waals surface area contributed by atoms with E-state index in [9.17, 15) is 13.6 Å². The van der Waals surface area contributed by atoms with Gasteiger partial charge in [0.1, 0.15) is 17.3 Å². The number of carbonyl (C=O) groups excluding carboxylic acids is 1. The Bertz CT molecular complexity index is 934. The van der Waals surface area contributed by atoms with Gasteiger partial charge in [-0.2, -0.15) is 5.10 Å². The molecule has 5 nitrogen and oxygen atoms in total. The summed E-state index contributed by atoms with van der Waals surface area (Å²) in [5.74, 6) is -2.18. The van der Waals surface area contributed by atoms with Crippen LogP contribution in [0.1, 0.15) is 21.5 Å². The lowest BCUT2D eigenvalue weighted by atomic mass is 10.1. The summed E-state index contributed by atoms with van der Waals surface area (Å²) in [6.45, 7) is 1.33. The third kappa shape index (κ3) is 4.77. The van der Waals surface area contributed by atoms with Crippen molar-refractivity contribution in [1.29, 1.82) is 0 Å². The van der Waals surface area contributed by atoms with Crippen molar-refractivity contribution in [3.05, 3.63) is 83.2 Å². The molecule has 0 unspecified atom stereocenters. The number of benzene rings is 2. The second-order valence-corrected chi connectivity index (χ2v) is 6.45. The fraction of sp³-hybridized carbons (Fsp3) is 0.200. The number of aryl methyl sites for hydroxylation is 1. The first-order chi connectivity index (χ1) is 12.9. The second-order valence-electron chi connectivity index (χ2n) is 6.45. The van der Waals surface area contributed by atoms with Crippen molar-refractivity contribution in [1.82, 2.24) is 14.7 Å². The van der Waals surface area contributed by atoms with Gasteiger partial charge in [0.25, 0.3) is 5.91 Å². The molecule has 7 heteroatoms. The molecule has 0 saturated heterocycles. The summed E-state index contributed by atoms with van der Waals surface area (Å²) in [6, 6.07) is 10.4. The van der Waals surface area contributed by atoms with Crippen LogP contribution in [0.2, 0.25) is 0 Å². The van der Waals surface area contributed by atoms with Gasteiger partial charge in [-0.3, -0.25) is 14.4 Å². The fourth-order valence-corrected chi connectivity index (χ4v) is 2.85. The molecule has 0 saturated carbocycles. The van der Waals surface area contributed by atoms with E-state index in [0.29, 0.717) is 18.7 Å². The van der Waals surface area contributed by atoms with E-state index in [2.05, 4.69) is 15.3 Å². The Morgan fingerprint density at radius 3 is 2.44 bits per heavy atom. The van der Waals surface area contributed by atoms with Crippen molar-refractivity contribution in [3.8, 4) is 0 Å². The first-order valence-electron chi connectivity index (χ1n) is 8.43. The van der Waals surface area contributed by atoms with Gasteiger partial charge in [0.2, 0.25) is 0 Å². The molecule has 1 amide bonds. The molecule has 3 rings (SSSR count). The zero-order valence-corrected chi connectivity index (χ0v) is 15.1. The number of rotatable bonds is 6. The normalized spacial score (nSPS) is 11.0. The number of carbonyl (C=O) groups is 1. The minimum Gasteiger partial charge on any atom is -0.317 e. The maximum atomic E-state index is 13.7. The highest BCUT2D eigenvalue weighted by Crippen LogP contribution is 2.19. The standard InChI is InChI=1S/C20H20F2N4O/c1-25(12-15-10-23-26(2)13-15)11-14-5-3-6-16(9-14)20(27)24-19-17(21)7-4-8-18(19)22/h3-10,13H,11-12H2,1-2H3,(H,24,27). The summed E-state index contributed by atoms with van der Waals surface area (Å²) < 4.78 is 29.2. The zero-order valence-electron chi connectivity index (χ0n) is 15.1. The molecule has 1 aromatic heterocycles. The van der Waals surface area contributed by atoms with Gasteiger partial charge in [0.15, 0.2) is 0 Å². The van der Waals surface area contributed by atoms with Crippen LogP contribution >= 0.6 is 0 Å². The van der Waals surface area contributed by atoms with Crippen LogP contribution in [0, 0.1) is 11.6 Å². The molecule has 0 aliphatic carbocycles. The van der Waals surface area contributed by atoms with Crippen molar-refractivity contribution in [2.75, 3.05) is 12.4 Å². The molecule has 0 spiro atoms. The lowest BCUT2D eigenvalue weighted by Crippen LogP contribution is -2.18. The number of hydrogen-bond donors (Lipinski definition) is 1. The highest BCUT2D eigenvalue weighted by molar-refractivity contribution is 6.04. The van der Waals surface area contributed by atoms with Gasteiger partial charge < -0.3 is 5.32 Å². The zero-order chi connectivity index (χ0) is 19.4. The Labute approximate surface area is 156 Å². The topological polar surface area (TPSA) is 50.2 Å². The number of nitrogens with zero attached hydrogens (tertiary/aromatic N) is 3. The lowest BCUT2D eigenvalue weighted by Gasteiger charge is -2.16. The summed E-state index contributed by atoms with van der Waals surface area (Å²) in [5, 5.41) is 6.45. The predicted molar refractivity (Wildman–Crippen MR) is 99.1 cm³/mol. The van der Waals surface area contributed by atoms with E-state index >= 15 is 0 Å². The Kier molecular flexibility index (Phi) is 5.61. The quantitative estimate of drug-likeness (QED) is 0.722. The molecule has 0 fully saturated rings. The number of nitrogens with one attached hydrogen (secondary N) is 1. The number of hydrogen-bond acceptors (Lipinski definition) is 3. The molecule has 140 valence electrons. The Morgan fingerprint density at radius 2 is 1.78 bits per heavy atom. The molecular weight excluding hydrogens is 350 g/mol. The van der Waals surface area contributed by atoms with Crippen molar-refractivity contribution in [2.24, 2.45) is 7.05 Å². The van der Waals surface area contributed by atoms with E-state index in [0.717, 1.165) is 23.3 Å². The van der Waals surface area contributed by atoms with Gasteiger partial charge >= 0.3 is 0 Å². The Morgan fingerprint density at radius 1 is 1.11 bits per heavy atom. The third-order valence-corrected chi connectivity index (χ3v) is 4.05. The van der Waals surface area contributed by atoms with Crippen LogP contribution < -0.4 is 5.32 Å². The highest BCUT2D eigenvalue weighted by atomic mass is 19.1.